The number of benzene rings is 4. The average Bonchev–Trinajstić information content (AvgIpc) is 3.06. The summed E-state index contributed by atoms with van der Waals surface area (Å²) >= 11 is -2.30. The van der Waals surface area contributed by atoms with E-state index in [4.69, 9.17) is 8.22 Å². The number of aromatic nitrogens is 2. The number of aryl methyl sites for hydroxylation is 2. The quantitative estimate of drug-likeness (QED) is 0.152. The van der Waals surface area contributed by atoms with Crippen LogP contribution in [0.3, 0.4) is 0 Å². The van der Waals surface area contributed by atoms with Crippen LogP contribution in [0.4, 0.5) is 0 Å². The van der Waals surface area contributed by atoms with Gasteiger partial charge in [0.15, 0.2) is 0 Å². The minimum absolute atomic E-state index is 0. The van der Waals surface area contributed by atoms with Crippen LogP contribution in [0, 0.1) is 25.8 Å². The summed E-state index contributed by atoms with van der Waals surface area (Å²) in [6.07, 6.45) is 3.14. The molecule has 0 saturated carbocycles. The Labute approximate surface area is 267 Å². The molecule has 0 aliphatic carbocycles. The molecule has 0 bridgehead atoms. The number of nitrogens with zero attached hydrogens (tertiary/aromatic N) is 2. The number of hydrogen-bond acceptors (Lipinski definition) is 2. The normalized spacial score (nSPS) is 13.1. The summed E-state index contributed by atoms with van der Waals surface area (Å²) in [6, 6.07) is 48.3. The molecule has 2 heterocycles. The first-order chi connectivity index (χ1) is 21.6. The van der Waals surface area contributed by atoms with Crippen molar-refractivity contribution >= 4 is 31.6 Å². The van der Waals surface area contributed by atoms with E-state index in [2.05, 4.69) is 94.9 Å². The van der Waals surface area contributed by atoms with E-state index in [1.165, 1.54) is 34.2 Å². The van der Waals surface area contributed by atoms with Gasteiger partial charge in [-0.2, -0.15) is 0 Å². The van der Waals surface area contributed by atoms with Crippen molar-refractivity contribution in [1.82, 2.24) is 9.97 Å². The predicted molar refractivity (Wildman–Crippen MR) is 164 cm³/mol. The van der Waals surface area contributed by atoms with Crippen LogP contribution in [-0.2, 0) is 20.1 Å². The zero-order valence-electron chi connectivity index (χ0n) is 27.5. The fraction of sp³-hybridized carbons (Fsp3) is 0.0556. The van der Waals surface area contributed by atoms with E-state index < -0.39 is 35.5 Å². The van der Waals surface area contributed by atoms with E-state index >= 15 is 0 Å². The van der Waals surface area contributed by atoms with Gasteiger partial charge in [-0.1, -0.05) is 19.0 Å². The SMILES string of the molecule is [2H]C([2H])([2H])c1c[c-]c(-c2ccc(C([2H])([2H])[2H])cn2)cc1.[Ir].[c-]1cc[c]([Bi]([c]2ccccc2)[c]2ccccc2)cc1-c1ccccn1. The van der Waals surface area contributed by atoms with Gasteiger partial charge in [0.1, 0.15) is 0 Å². The van der Waals surface area contributed by atoms with Crippen LogP contribution in [-0.4, -0.2) is 31.7 Å². The molecule has 40 heavy (non-hydrogen) atoms. The molecule has 0 aliphatic rings. The van der Waals surface area contributed by atoms with Gasteiger partial charge in [0.05, 0.1) is 0 Å². The fourth-order valence-corrected chi connectivity index (χ4v) is 13.0. The first kappa shape index (κ1) is 22.4. The van der Waals surface area contributed by atoms with Crippen LogP contribution in [0.25, 0.3) is 22.5 Å². The Kier molecular flexibility index (Phi) is 8.36. The standard InChI is InChI=1S/C13H12N.C11H7N.2C6H5.Bi.Ir/c1-10-3-6-12(7-4-10)13-8-5-11(2)9-14-13;1-2-6-10(7-3-1)11-8-4-5-9-12-11;2*1-2-4-6-5-3-1;;/h3-6,8-9H,1-2H3;1-2,4-5,7-9H;2*1-5H;;/q2*-1;;;;/i1D3,2D3;;;;;. The molecule has 0 fully saturated rings. The maximum absolute atomic E-state index is 7.28. The van der Waals surface area contributed by atoms with Gasteiger partial charge in [0.2, 0.25) is 0 Å². The van der Waals surface area contributed by atoms with Crippen LogP contribution in [0.2, 0.25) is 0 Å². The van der Waals surface area contributed by atoms with Crippen LogP contribution in [0.15, 0.2) is 140 Å². The summed E-state index contributed by atoms with van der Waals surface area (Å²) in [5.74, 6) is 0. The molecule has 6 aromatic rings. The number of pyridine rings is 2. The Balaban J connectivity index is 0.000000210. The Morgan fingerprint density at radius 1 is 0.600 bits per heavy atom. The Bertz CT molecular complexity index is 1700. The van der Waals surface area contributed by atoms with E-state index in [-0.39, 0.29) is 31.2 Å². The monoisotopic (exact) mass is 897 g/mol. The summed E-state index contributed by atoms with van der Waals surface area (Å²) in [4.78, 5) is 8.56. The van der Waals surface area contributed by atoms with Crippen LogP contribution in [0.1, 0.15) is 19.4 Å². The summed E-state index contributed by atoms with van der Waals surface area (Å²) < 4.78 is 48.1. The maximum atomic E-state index is 7.28. The Morgan fingerprint density at radius 3 is 1.85 bits per heavy atom. The van der Waals surface area contributed by atoms with Gasteiger partial charge >= 0.3 is 157 Å². The fourth-order valence-electron chi connectivity index (χ4n) is 4.00. The van der Waals surface area contributed by atoms with Gasteiger partial charge in [0.25, 0.3) is 0 Å². The molecular weight excluding hydrogens is 862 g/mol. The minimum atomic E-state index is -2.30. The average molecular weight is 897 g/mol. The molecule has 4 aromatic carbocycles. The number of hydrogen-bond donors (Lipinski definition) is 0. The molecule has 0 amide bonds. The molecule has 0 spiro atoms. The van der Waals surface area contributed by atoms with Crippen molar-refractivity contribution in [3.05, 3.63) is 163 Å². The topological polar surface area (TPSA) is 25.8 Å². The molecular formula is C36H29BiIrN2-2. The second-order valence-electron chi connectivity index (χ2n) is 8.61. The van der Waals surface area contributed by atoms with Gasteiger partial charge in [-0.3, -0.25) is 0 Å². The molecule has 6 rings (SSSR count). The van der Waals surface area contributed by atoms with Gasteiger partial charge in [-0.25, -0.2) is 0 Å². The van der Waals surface area contributed by atoms with Gasteiger partial charge in [0, 0.05) is 34.5 Å². The molecule has 4 heteroatoms. The molecule has 0 atom stereocenters. The number of rotatable bonds is 5. The van der Waals surface area contributed by atoms with E-state index in [1.54, 1.807) is 12.1 Å². The van der Waals surface area contributed by atoms with Crippen molar-refractivity contribution in [2.45, 2.75) is 13.7 Å². The molecule has 0 saturated heterocycles. The summed E-state index contributed by atoms with van der Waals surface area (Å²) in [7, 11) is 0. The van der Waals surface area contributed by atoms with E-state index in [1.807, 2.05) is 30.5 Å². The van der Waals surface area contributed by atoms with Crippen molar-refractivity contribution in [3.63, 3.8) is 0 Å². The molecule has 199 valence electrons. The summed E-state index contributed by atoms with van der Waals surface area (Å²) in [6.45, 7) is -4.34. The van der Waals surface area contributed by atoms with E-state index in [9.17, 15) is 0 Å². The third-order valence-corrected chi connectivity index (χ3v) is 15.3. The third kappa shape index (κ3) is 7.89. The van der Waals surface area contributed by atoms with Gasteiger partial charge < -0.3 is 4.98 Å². The van der Waals surface area contributed by atoms with Gasteiger partial charge in [-0.05, 0) is 18.1 Å². The van der Waals surface area contributed by atoms with Crippen molar-refractivity contribution in [2.24, 2.45) is 0 Å². The van der Waals surface area contributed by atoms with E-state index in [0.29, 0.717) is 11.3 Å². The predicted octanol–water partition coefficient (Wildman–Crippen LogP) is 6.23. The zero-order chi connectivity index (χ0) is 31.9. The summed E-state index contributed by atoms with van der Waals surface area (Å²) in [5.41, 5.74) is 3.60. The molecule has 1 radical (unpaired) electrons. The third-order valence-electron chi connectivity index (χ3n) is 5.87. The second kappa shape index (κ2) is 14.9. The second-order valence-corrected chi connectivity index (χ2v) is 17.2. The Morgan fingerprint density at radius 2 is 1.27 bits per heavy atom. The molecule has 2 nitrogen and oxygen atoms in total. The first-order valence-electron chi connectivity index (χ1n) is 15.4. The van der Waals surface area contributed by atoms with Crippen LogP contribution >= 0.6 is 0 Å². The van der Waals surface area contributed by atoms with Gasteiger partial charge in [-0.15, -0.1) is 35.4 Å². The van der Waals surface area contributed by atoms with Crippen LogP contribution in [0.5, 0.6) is 0 Å². The van der Waals surface area contributed by atoms with E-state index in [0.717, 1.165) is 11.3 Å². The first-order valence-corrected chi connectivity index (χ1v) is 17.6. The van der Waals surface area contributed by atoms with Crippen molar-refractivity contribution in [1.29, 1.82) is 0 Å². The zero-order valence-corrected chi connectivity index (χ0v) is 27.3. The molecule has 0 unspecified atom stereocenters. The van der Waals surface area contributed by atoms with Crippen molar-refractivity contribution in [3.8, 4) is 22.5 Å². The van der Waals surface area contributed by atoms with Crippen LogP contribution < -0.4 is 9.81 Å². The molecule has 2 aromatic heterocycles. The van der Waals surface area contributed by atoms with Crippen molar-refractivity contribution in [2.75, 3.05) is 0 Å². The van der Waals surface area contributed by atoms with Crippen molar-refractivity contribution < 1.29 is 28.3 Å². The summed E-state index contributed by atoms with van der Waals surface area (Å²) in [5, 5.41) is 0. The molecule has 0 aliphatic heterocycles. The Hall–Kier alpha value is -3.29. The molecule has 0 N–H and O–H groups in total.